The standard InChI is InChI=1S/C52H92NO8P/c1-6-8-10-12-14-16-18-20-22-24-25-26-27-29-31-33-35-37-39-41-43-45-52(55)61-50(49-60-62(56,57)59-47-46-53(3,4)5)48-58-51(54)44-42-40-38-36-34-32-30-28-23-21-19-17-15-13-11-9-7-2/h8,10,14,16,20-23,25-26,29,31,50H,6-7,9,11-13,15,17-19,24,27-28,30,32-49H2,1-5H3/p+1/b10-8-,16-14-,22-20-,23-21-,26-25-,31-29-. The van der Waals surface area contributed by atoms with Crippen molar-refractivity contribution in [1.29, 1.82) is 0 Å². The number of carbonyl (C=O) groups is 2. The van der Waals surface area contributed by atoms with Crippen LogP contribution in [0.2, 0.25) is 0 Å². The van der Waals surface area contributed by atoms with E-state index in [1.54, 1.807) is 0 Å². The van der Waals surface area contributed by atoms with E-state index in [2.05, 4.69) is 86.8 Å². The number of rotatable bonds is 44. The fraction of sp³-hybridized carbons (Fsp3) is 0.731. The summed E-state index contributed by atoms with van der Waals surface area (Å²) in [4.78, 5) is 35.5. The third kappa shape index (κ3) is 46.9. The van der Waals surface area contributed by atoms with Gasteiger partial charge in [0.25, 0.3) is 0 Å². The van der Waals surface area contributed by atoms with Gasteiger partial charge < -0.3 is 18.9 Å². The lowest BCUT2D eigenvalue weighted by molar-refractivity contribution is -0.870. The summed E-state index contributed by atoms with van der Waals surface area (Å²) in [6.07, 6.45) is 55.2. The van der Waals surface area contributed by atoms with Gasteiger partial charge in [-0.05, 0) is 83.5 Å². The summed E-state index contributed by atoms with van der Waals surface area (Å²) in [5.41, 5.74) is 0. The third-order valence-corrected chi connectivity index (χ3v) is 11.2. The zero-order valence-corrected chi connectivity index (χ0v) is 41.2. The molecule has 0 rings (SSSR count). The van der Waals surface area contributed by atoms with E-state index in [1.807, 2.05) is 21.1 Å². The Bertz CT molecular complexity index is 1280. The molecule has 0 aromatic carbocycles. The first-order valence-corrected chi connectivity index (χ1v) is 26.2. The molecule has 9 nitrogen and oxygen atoms in total. The van der Waals surface area contributed by atoms with Crippen molar-refractivity contribution >= 4 is 19.8 Å². The van der Waals surface area contributed by atoms with Gasteiger partial charge in [-0.15, -0.1) is 0 Å². The fourth-order valence-electron chi connectivity index (χ4n) is 6.39. The van der Waals surface area contributed by atoms with Crippen LogP contribution in [0.15, 0.2) is 72.9 Å². The minimum Gasteiger partial charge on any atom is -0.462 e. The molecule has 0 spiro atoms. The van der Waals surface area contributed by atoms with Crippen LogP contribution < -0.4 is 0 Å². The molecule has 1 N–H and O–H groups in total. The second kappa shape index (κ2) is 43.7. The lowest BCUT2D eigenvalue weighted by Gasteiger charge is -2.24. The number of quaternary nitrogens is 1. The Labute approximate surface area is 380 Å². The molecule has 0 saturated heterocycles. The monoisotopic (exact) mass is 891 g/mol. The molecule has 0 aliphatic carbocycles. The molecular weight excluding hydrogens is 798 g/mol. The van der Waals surface area contributed by atoms with Crippen molar-refractivity contribution in [3.63, 3.8) is 0 Å². The van der Waals surface area contributed by atoms with Crippen molar-refractivity contribution in [3.05, 3.63) is 72.9 Å². The summed E-state index contributed by atoms with van der Waals surface area (Å²) >= 11 is 0. The van der Waals surface area contributed by atoms with Crippen LogP contribution in [0.3, 0.4) is 0 Å². The van der Waals surface area contributed by atoms with Gasteiger partial charge >= 0.3 is 19.8 Å². The normalized spacial score (nSPS) is 14.1. The smallest absolute Gasteiger partial charge is 0.462 e. The number of likely N-dealkylation sites (N-methyl/N-ethyl adjacent to an activating group) is 1. The minimum atomic E-state index is -4.39. The molecule has 0 aromatic heterocycles. The summed E-state index contributed by atoms with van der Waals surface area (Å²) < 4.78 is 34.4. The zero-order chi connectivity index (χ0) is 45.7. The molecule has 358 valence electrons. The van der Waals surface area contributed by atoms with E-state index in [0.29, 0.717) is 17.4 Å². The van der Waals surface area contributed by atoms with E-state index in [4.69, 9.17) is 18.5 Å². The second-order valence-corrected chi connectivity index (χ2v) is 18.9. The molecule has 0 bridgehead atoms. The van der Waals surface area contributed by atoms with E-state index in [-0.39, 0.29) is 32.0 Å². The summed E-state index contributed by atoms with van der Waals surface area (Å²) in [6, 6.07) is 0. The van der Waals surface area contributed by atoms with Crippen LogP contribution in [0.5, 0.6) is 0 Å². The number of unbranched alkanes of at least 4 members (excludes halogenated alkanes) is 18. The van der Waals surface area contributed by atoms with Crippen LogP contribution in [-0.4, -0.2) is 74.9 Å². The van der Waals surface area contributed by atoms with Gasteiger partial charge in [-0.1, -0.05) is 170 Å². The molecule has 0 saturated carbocycles. The van der Waals surface area contributed by atoms with E-state index in [9.17, 15) is 19.0 Å². The largest absolute Gasteiger partial charge is 0.472 e. The number of phosphoric acid groups is 1. The van der Waals surface area contributed by atoms with Gasteiger partial charge in [-0.25, -0.2) is 4.57 Å². The number of hydrogen-bond acceptors (Lipinski definition) is 7. The molecule has 0 fully saturated rings. The number of allylic oxidation sites excluding steroid dienone is 12. The van der Waals surface area contributed by atoms with Crippen molar-refractivity contribution in [2.75, 3.05) is 47.5 Å². The quantitative estimate of drug-likeness (QED) is 0.0212. The molecule has 0 heterocycles. The first-order valence-electron chi connectivity index (χ1n) is 24.7. The van der Waals surface area contributed by atoms with Gasteiger partial charge in [0.15, 0.2) is 6.10 Å². The van der Waals surface area contributed by atoms with Gasteiger partial charge in [-0.2, -0.15) is 0 Å². The number of phosphoric ester groups is 1. The molecule has 10 heteroatoms. The second-order valence-electron chi connectivity index (χ2n) is 17.5. The highest BCUT2D eigenvalue weighted by Crippen LogP contribution is 2.43. The maximum Gasteiger partial charge on any atom is 0.472 e. The summed E-state index contributed by atoms with van der Waals surface area (Å²) in [7, 11) is 1.45. The number of carbonyl (C=O) groups excluding carboxylic acids is 2. The first-order chi connectivity index (χ1) is 30.0. The van der Waals surface area contributed by atoms with Crippen LogP contribution >= 0.6 is 7.82 Å². The number of nitrogens with zero attached hydrogens (tertiary/aromatic N) is 1. The molecule has 2 unspecified atom stereocenters. The van der Waals surface area contributed by atoms with E-state index >= 15 is 0 Å². The first kappa shape index (κ1) is 59.5. The molecule has 0 aromatic rings. The topological polar surface area (TPSA) is 108 Å². The Morgan fingerprint density at radius 1 is 0.516 bits per heavy atom. The van der Waals surface area contributed by atoms with Gasteiger partial charge in [0, 0.05) is 12.8 Å². The van der Waals surface area contributed by atoms with E-state index in [1.165, 1.54) is 64.2 Å². The predicted molar refractivity (Wildman–Crippen MR) is 261 cm³/mol. The van der Waals surface area contributed by atoms with Crippen LogP contribution in [0.1, 0.15) is 194 Å². The molecule has 0 radical (unpaired) electrons. The van der Waals surface area contributed by atoms with E-state index < -0.39 is 26.5 Å². The summed E-state index contributed by atoms with van der Waals surface area (Å²) in [6.45, 7) is 4.28. The molecule has 0 amide bonds. The highest BCUT2D eigenvalue weighted by atomic mass is 31.2. The Morgan fingerprint density at radius 3 is 1.39 bits per heavy atom. The van der Waals surface area contributed by atoms with E-state index in [0.717, 1.165) is 96.3 Å². The summed E-state index contributed by atoms with van der Waals surface area (Å²) in [5, 5.41) is 0. The number of esters is 2. The predicted octanol–water partition coefficient (Wildman–Crippen LogP) is 14.6. The average molecular weight is 891 g/mol. The van der Waals surface area contributed by atoms with Crippen molar-refractivity contribution in [2.45, 2.75) is 200 Å². The zero-order valence-electron chi connectivity index (χ0n) is 40.3. The highest BCUT2D eigenvalue weighted by molar-refractivity contribution is 7.47. The van der Waals surface area contributed by atoms with Crippen molar-refractivity contribution in [2.24, 2.45) is 0 Å². The van der Waals surface area contributed by atoms with Crippen molar-refractivity contribution in [1.82, 2.24) is 0 Å². The molecular formula is C52H93NO8P+. The van der Waals surface area contributed by atoms with Crippen molar-refractivity contribution < 1.29 is 42.1 Å². The van der Waals surface area contributed by atoms with Gasteiger partial charge in [0.05, 0.1) is 27.7 Å². The van der Waals surface area contributed by atoms with Crippen LogP contribution in [0.25, 0.3) is 0 Å². The molecule has 2 atom stereocenters. The van der Waals surface area contributed by atoms with Gasteiger partial charge in [0.2, 0.25) is 0 Å². The average Bonchev–Trinajstić information content (AvgIpc) is 3.23. The van der Waals surface area contributed by atoms with Crippen molar-refractivity contribution in [3.8, 4) is 0 Å². The Kier molecular flexibility index (Phi) is 41.9. The maximum absolute atomic E-state index is 12.7. The lowest BCUT2D eigenvalue weighted by atomic mass is 10.1. The summed E-state index contributed by atoms with van der Waals surface area (Å²) in [5.74, 6) is -0.828. The van der Waals surface area contributed by atoms with Gasteiger partial charge in [0.1, 0.15) is 19.8 Å². The minimum absolute atomic E-state index is 0.0235. The maximum atomic E-state index is 12.7. The highest BCUT2D eigenvalue weighted by Gasteiger charge is 2.27. The molecule has 0 aliphatic rings. The number of hydrogen-bond donors (Lipinski definition) is 1. The Hall–Kier alpha value is -2.55. The Balaban J connectivity index is 4.35. The van der Waals surface area contributed by atoms with Gasteiger partial charge in [-0.3, -0.25) is 18.6 Å². The fourth-order valence-corrected chi connectivity index (χ4v) is 7.13. The SMILES string of the molecule is CC/C=C\C/C=C\C/C=C\C/C=C\C/C=C\CCCCCCCC(=O)OC(COC(=O)CCCCCCCCC/C=C\CCCCCCCC)COP(=O)(O)OCC[N+](C)(C)C. The lowest BCUT2D eigenvalue weighted by Crippen LogP contribution is -2.37. The number of ether oxygens (including phenoxy) is 2. The third-order valence-electron chi connectivity index (χ3n) is 10.2. The van der Waals surface area contributed by atoms with Crippen LogP contribution in [-0.2, 0) is 32.7 Å². The van der Waals surface area contributed by atoms with Crippen LogP contribution in [0, 0.1) is 0 Å². The Morgan fingerprint density at radius 2 is 0.919 bits per heavy atom. The molecule has 0 aliphatic heterocycles. The molecule has 62 heavy (non-hydrogen) atoms. The van der Waals surface area contributed by atoms with Crippen LogP contribution in [0.4, 0.5) is 0 Å².